The molecule has 0 atom stereocenters. The first kappa shape index (κ1) is 12.8. The average Bonchev–Trinajstić information content (AvgIpc) is 2.47. The van der Waals surface area contributed by atoms with Crippen LogP contribution in [-0.2, 0) is 0 Å². The molecule has 0 aliphatic heterocycles. The molecule has 0 saturated heterocycles. The number of ether oxygens (including phenoxy) is 1. The van der Waals surface area contributed by atoms with Gasteiger partial charge < -0.3 is 4.74 Å². The van der Waals surface area contributed by atoms with Crippen molar-refractivity contribution in [2.24, 2.45) is 0 Å². The van der Waals surface area contributed by atoms with Gasteiger partial charge in [-0.1, -0.05) is 22.0 Å². The molecule has 0 aliphatic rings. The quantitative estimate of drug-likeness (QED) is 0.660. The van der Waals surface area contributed by atoms with Crippen LogP contribution in [0.25, 0.3) is 10.9 Å². The third kappa shape index (κ3) is 2.56. The van der Waals surface area contributed by atoms with Gasteiger partial charge >= 0.3 is 0 Å². The maximum Gasteiger partial charge on any atom is 0.153 e. The van der Waals surface area contributed by atoms with Gasteiger partial charge in [0.15, 0.2) is 6.29 Å². The third-order valence-electron chi connectivity index (χ3n) is 2.91. The molecule has 3 aromatic rings. The van der Waals surface area contributed by atoms with Crippen LogP contribution < -0.4 is 4.74 Å². The number of halogens is 1. The Hall–Kier alpha value is -2.20. The van der Waals surface area contributed by atoms with Crippen molar-refractivity contribution in [3.05, 3.63) is 64.8 Å². The summed E-state index contributed by atoms with van der Waals surface area (Å²) in [6.07, 6.45) is 2.52. The van der Waals surface area contributed by atoms with Gasteiger partial charge in [0.05, 0.1) is 11.1 Å². The van der Waals surface area contributed by atoms with Crippen molar-refractivity contribution in [3.8, 4) is 11.5 Å². The highest BCUT2D eigenvalue weighted by Crippen LogP contribution is 2.29. The van der Waals surface area contributed by atoms with E-state index in [0.29, 0.717) is 17.1 Å². The van der Waals surface area contributed by atoms with Crippen molar-refractivity contribution >= 4 is 33.1 Å². The molecular formula is C16H10BrNO2. The minimum absolute atomic E-state index is 0.509. The zero-order valence-corrected chi connectivity index (χ0v) is 12.0. The van der Waals surface area contributed by atoms with Crippen LogP contribution in [0.2, 0.25) is 0 Å². The summed E-state index contributed by atoms with van der Waals surface area (Å²) >= 11 is 3.37. The van der Waals surface area contributed by atoms with E-state index in [1.807, 2.05) is 30.3 Å². The molecule has 0 radical (unpaired) electrons. The van der Waals surface area contributed by atoms with Crippen molar-refractivity contribution in [2.45, 2.75) is 0 Å². The van der Waals surface area contributed by atoms with E-state index in [9.17, 15) is 4.79 Å². The van der Waals surface area contributed by atoms with Gasteiger partial charge in [0.1, 0.15) is 11.5 Å². The predicted molar refractivity (Wildman–Crippen MR) is 81.3 cm³/mol. The highest BCUT2D eigenvalue weighted by atomic mass is 79.9. The number of aldehydes is 1. The molecule has 0 fully saturated rings. The Morgan fingerprint density at radius 2 is 2.00 bits per heavy atom. The molecule has 0 unspecified atom stereocenters. The van der Waals surface area contributed by atoms with E-state index in [0.717, 1.165) is 21.7 Å². The van der Waals surface area contributed by atoms with E-state index in [2.05, 4.69) is 20.9 Å². The van der Waals surface area contributed by atoms with Crippen LogP contribution in [-0.4, -0.2) is 11.3 Å². The molecule has 98 valence electrons. The van der Waals surface area contributed by atoms with E-state index in [1.54, 1.807) is 24.4 Å². The minimum atomic E-state index is 0.509. The number of pyridine rings is 1. The highest BCUT2D eigenvalue weighted by molar-refractivity contribution is 9.10. The molecule has 0 amide bonds. The van der Waals surface area contributed by atoms with E-state index < -0.39 is 0 Å². The fourth-order valence-corrected chi connectivity index (χ4v) is 2.27. The fourth-order valence-electron chi connectivity index (χ4n) is 1.93. The molecule has 20 heavy (non-hydrogen) atoms. The summed E-state index contributed by atoms with van der Waals surface area (Å²) in [5.41, 5.74) is 1.36. The second-order valence-electron chi connectivity index (χ2n) is 4.26. The number of carbonyl (C=O) groups excluding carboxylic acids is 1. The van der Waals surface area contributed by atoms with E-state index in [4.69, 9.17) is 4.74 Å². The van der Waals surface area contributed by atoms with Gasteiger partial charge in [-0.2, -0.15) is 0 Å². The molecular weight excluding hydrogens is 318 g/mol. The van der Waals surface area contributed by atoms with Crippen molar-refractivity contribution < 1.29 is 9.53 Å². The number of benzene rings is 2. The Kier molecular flexibility index (Phi) is 3.48. The van der Waals surface area contributed by atoms with Gasteiger partial charge in [0.2, 0.25) is 0 Å². The summed E-state index contributed by atoms with van der Waals surface area (Å²) in [7, 11) is 0. The topological polar surface area (TPSA) is 39.2 Å². The van der Waals surface area contributed by atoms with Gasteiger partial charge in [-0.05, 0) is 36.4 Å². The van der Waals surface area contributed by atoms with Crippen LogP contribution in [0.4, 0.5) is 0 Å². The molecule has 0 saturated carbocycles. The van der Waals surface area contributed by atoms with Gasteiger partial charge in [0.25, 0.3) is 0 Å². The summed E-state index contributed by atoms with van der Waals surface area (Å²) < 4.78 is 6.65. The van der Waals surface area contributed by atoms with Crippen LogP contribution in [0.1, 0.15) is 10.4 Å². The first-order valence-electron chi connectivity index (χ1n) is 6.03. The maximum absolute atomic E-state index is 11.0. The van der Waals surface area contributed by atoms with Crippen LogP contribution in [0.15, 0.2) is 59.2 Å². The number of rotatable bonds is 3. The monoisotopic (exact) mass is 327 g/mol. The number of nitrogens with zero attached hydrogens (tertiary/aromatic N) is 1. The van der Waals surface area contributed by atoms with Crippen molar-refractivity contribution in [2.75, 3.05) is 0 Å². The first-order valence-corrected chi connectivity index (χ1v) is 6.83. The number of fused-ring (bicyclic) bond motifs is 1. The number of carbonyl (C=O) groups is 1. The molecule has 2 aromatic carbocycles. The SMILES string of the molecule is O=Cc1ccc(Br)cc1Oc1ccc2cccnc2c1. The number of aromatic nitrogens is 1. The molecule has 0 spiro atoms. The zero-order chi connectivity index (χ0) is 13.9. The van der Waals surface area contributed by atoms with Gasteiger partial charge in [-0.3, -0.25) is 9.78 Å². The molecule has 4 heteroatoms. The summed E-state index contributed by atoms with van der Waals surface area (Å²) in [4.78, 5) is 15.3. The second-order valence-corrected chi connectivity index (χ2v) is 5.18. The lowest BCUT2D eigenvalue weighted by Gasteiger charge is -2.09. The third-order valence-corrected chi connectivity index (χ3v) is 3.40. The van der Waals surface area contributed by atoms with Gasteiger partial charge in [0, 0.05) is 22.1 Å². The van der Waals surface area contributed by atoms with E-state index >= 15 is 0 Å². The Balaban J connectivity index is 2.00. The standard InChI is InChI=1S/C16H10BrNO2/c17-13-5-3-12(10-19)16(8-13)20-14-6-4-11-2-1-7-18-15(11)9-14/h1-10H. The summed E-state index contributed by atoms with van der Waals surface area (Å²) in [6, 6.07) is 14.8. The highest BCUT2D eigenvalue weighted by Gasteiger charge is 2.06. The Bertz CT molecular complexity index is 786. The number of hydrogen-bond donors (Lipinski definition) is 0. The molecule has 0 bridgehead atoms. The Labute approximate surface area is 124 Å². The lowest BCUT2D eigenvalue weighted by Crippen LogP contribution is -1.91. The summed E-state index contributed by atoms with van der Waals surface area (Å²) in [5, 5.41) is 1.05. The molecule has 1 heterocycles. The van der Waals surface area contributed by atoms with Gasteiger partial charge in [-0.25, -0.2) is 0 Å². The molecule has 0 N–H and O–H groups in total. The first-order chi connectivity index (χ1) is 9.76. The van der Waals surface area contributed by atoms with Crippen molar-refractivity contribution in [1.82, 2.24) is 4.98 Å². The van der Waals surface area contributed by atoms with Crippen molar-refractivity contribution in [1.29, 1.82) is 0 Å². The Morgan fingerprint density at radius 1 is 1.10 bits per heavy atom. The minimum Gasteiger partial charge on any atom is -0.457 e. The normalized spacial score (nSPS) is 10.4. The van der Waals surface area contributed by atoms with E-state index in [-0.39, 0.29) is 0 Å². The van der Waals surface area contributed by atoms with Gasteiger partial charge in [-0.15, -0.1) is 0 Å². The Morgan fingerprint density at radius 3 is 2.85 bits per heavy atom. The van der Waals surface area contributed by atoms with E-state index in [1.165, 1.54) is 0 Å². The molecule has 0 aliphatic carbocycles. The lowest BCUT2D eigenvalue weighted by atomic mass is 10.2. The smallest absolute Gasteiger partial charge is 0.153 e. The van der Waals surface area contributed by atoms with Crippen LogP contribution in [0, 0.1) is 0 Å². The fraction of sp³-hybridized carbons (Fsp3) is 0. The zero-order valence-electron chi connectivity index (χ0n) is 10.4. The number of hydrogen-bond acceptors (Lipinski definition) is 3. The lowest BCUT2D eigenvalue weighted by molar-refractivity contribution is 0.112. The molecule has 3 nitrogen and oxygen atoms in total. The maximum atomic E-state index is 11.0. The predicted octanol–water partition coefficient (Wildman–Crippen LogP) is 4.60. The average molecular weight is 328 g/mol. The largest absolute Gasteiger partial charge is 0.457 e. The van der Waals surface area contributed by atoms with Crippen molar-refractivity contribution in [3.63, 3.8) is 0 Å². The second kappa shape index (κ2) is 5.43. The molecule has 3 rings (SSSR count). The summed E-state index contributed by atoms with van der Waals surface area (Å²) in [5.74, 6) is 1.17. The summed E-state index contributed by atoms with van der Waals surface area (Å²) in [6.45, 7) is 0. The van der Waals surface area contributed by atoms with Crippen LogP contribution >= 0.6 is 15.9 Å². The van der Waals surface area contributed by atoms with Crippen LogP contribution in [0.3, 0.4) is 0 Å². The molecule has 1 aromatic heterocycles. The van der Waals surface area contributed by atoms with Crippen LogP contribution in [0.5, 0.6) is 11.5 Å².